The first-order valence-corrected chi connectivity index (χ1v) is 5.95. The van der Waals surface area contributed by atoms with Crippen LogP contribution in [0.3, 0.4) is 0 Å². The van der Waals surface area contributed by atoms with E-state index in [4.69, 9.17) is 0 Å². The largest absolute Gasteiger partial charge is 0.300 e. The molecule has 0 saturated carbocycles. The predicted molar refractivity (Wildman–Crippen MR) is 71.3 cm³/mol. The zero-order chi connectivity index (χ0) is 13.1. The van der Waals surface area contributed by atoms with E-state index in [2.05, 4.69) is 42.0 Å². The zero-order valence-corrected chi connectivity index (χ0v) is 10.9. The number of hydrogen-bond acceptors (Lipinski definition) is 3. The lowest BCUT2D eigenvalue weighted by Crippen LogP contribution is -2.03. The molecule has 0 unspecified atom stereocenters. The van der Waals surface area contributed by atoms with Crippen molar-refractivity contribution in [3.8, 4) is 11.3 Å². The van der Waals surface area contributed by atoms with Crippen LogP contribution in [-0.4, -0.2) is 15.8 Å². The van der Waals surface area contributed by atoms with Crippen LogP contribution < -0.4 is 0 Å². The van der Waals surface area contributed by atoms with Gasteiger partial charge in [-0.2, -0.15) is 0 Å². The van der Waals surface area contributed by atoms with E-state index in [1.54, 1.807) is 13.1 Å². The number of ketones is 1. The van der Waals surface area contributed by atoms with Gasteiger partial charge in [0.2, 0.25) is 0 Å². The number of carbonyl (C=O) groups is 1. The summed E-state index contributed by atoms with van der Waals surface area (Å²) >= 11 is 0. The van der Waals surface area contributed by atoms with Crippen molar-refractivity contribution < 1.29 is 4.79 Å². The van der Waals surface area contributed by atoms with Crippen molar-refractivity contribution in [2.24, 2.45) is 0 Å². The van der Waals surface area contributed by atoms with Crippen molar-refractivity contribution in [2.45, 2.75) is 27.2 Å². The third kappa shape index (κ3) is 2.80. The minimum absolute atomic E-state index is 0.0766. The van der Waals surface area contributed by atoms with Crippen molar-refractivity contribution in [3.05, 3.63) is 47.4 Å². The lowest BCUT2D eigenvalue weighted by Gasteiger charge is -2.07. The average molecular weight is 240 g/mol. The molecule has 0 spiro atoms. The molecule has 1 heterocycles. The molecule has 18 heavy (non-hydrogen) atoms. The Hall–Kier alpha value is -2.03. The van der Waals surface area contributed by atoms with E-state index in [-0.39, 0.29) is 5.78 Å². The van der Waals surface area contributed by atoms with Gasteiger partial charge in [-0.1, -0.05) is 23.8 Å². The molecule has 92 valence electrons. The first kappa shape index (κ1) is 12.4. The monoisotopic (exact) mass is 240 g/mol. The minimum atomic E-state index is 0.0766. The Morgan fingerprint density at radius 3 is 2.67 bits per heavy atom. The number of aromatic nitrogens is 2. The van der Waals surface area contributed by atoms with Crippen LogP contribution in [0.15, 0.2) is 30.5 Å². The van der Waals surface area contributed by atoms with Gasteiger partial charge in [-0.15, -0.1) is 0 Å². The summed E-state index contributed by atoms with van der Waals surface area (Å²) in [6, 6.07) is 8.13. The van der Waals surface area contributed by atoms with Gasteiger partial charge in [0, 0.05) is 11.8 Å². The molecule has 0 fully saturated rings. The smallest absolute Gasteiger partial charge is 0.137 e. The predicted octanol–water partition coefficient (Wildman–Crippen LogP) is 2.89. The molecule has 3 heteroatoms. The molecule has 0 N–H and O–H groups in total. The Balaban J connectivity index is 2.41. The first-order valence-electron chi connectivity index (χ1n) is 5.95. The van der Waals surface area contributed by atoms with Gasteiger partial charge in [0.15, 0.2) is 0 Å². The summed E-state index contributed by atoms with van der Waals surface area (Å²) in [7, 11) is 0. The lowest BCUT2D eigenvalue weighted by molar-refractivity contribution is -0.116. The highest BCUT2D eigenvalue weighted by Gasteiger charge is 2.06. The molecule has 1 aromatic heterocycles. The van der Waals surface area contributed by atoms with Gasteiger partial charge < -0.3 is 0 Å². The molecule has 1 aromatic carbocycles. The topological polar surface area (TPSA) is 42.9 Å². The molecule has 0 saturated heterocycles. The molecule has 2 rings (SSSR count). The Kier molecular flexibility index (Phi) is 3.51. The number of nitrogens with zero attached hydrogens (tertiary/aromatic N) is 2. The number of Topliss-reactive ketones (excluding diaryl/α,β-unsaturated/α-hetero) is 1. The highest BCUT2D eigenvalue weighted by molar-refractivity contribution is 5.77. The quantitative estimate of drug-likeness (QED) is 0.828. The maximum Gasteiger partial charge on any atom is 0.137 e. The Morgan fingerprint density at radius 2 is 2.00 bits per heavy atom. The molecule has 0 radical (unpaired) electrons. The van der Waals surface area contributed by atoms with Crippen molar-refractivity contribution in [1.82, 2.24) is 9.97 Å². The minimum Gasteiger partial charge on any atom is -0.300 e. The standard InChI is InChI=1S/C15H16N2O/c1-10-4-5-13(11(2)8-10)14-6-7-16-15(17-14)9-12(3)18/h4-8H,9H2,1-3H3. The van der Waals surface area contributed by atoms with Crippen LogP contribution >= 0.6 is 0 Å². The van der Waals surface area contributed by atoms with Crippen LogP contribution in [0.4, 0.5) is 0 Å². The second kappa shape index (κ2) is 5.08. The van der Waals surface area contributed by atoms with E-state index in [0.717, 1.165) is 11.3 Å². The molecular formula is C15H16N2O. The number of aryl methyl sites for hydroxylation is 2. The van der Waals surface area contributed by atoms with Crippen LogP contribution in [0.2, 0.25) is 0 Å². The third-order valence-corrected chi connectivity index (χ3v) is 2.77. The Morgan fingerprint density at radius 1 is 1.22 bits per heavy atom. The van der Waals surface area contributed by atoms with Crippen molar-refractivity contribution >= 4 is 5.78 Å². The second-order valence-electron chi connectivity index (χ2n) is 4.56. The summed E-state index contributed by atoms with van der Waals surface area (Å²) in [6.45, 7) is 5.68. The van der Waals surface area contributed by atoms with Crippen molar-refractivity contribution in [1.29, 1.82) is 0 Å². The van der Waals surface area contributed by atoms with E-state index in [9.17, 15) is 4.79 Å². The van der Waals surface area contributed by atoms with E-state index in [0.29, 0.717) is 12.2 Å². The summed E-state index contributed by atoms with van der Waals surface area (Å²) < 4.78 is 0. The fourth-order valence-corrected chi connectivity index (χ4v) is 1.96. The maximum atomic E-state index is 11.1. The highest BCUT2D eigenvalue weighted by atomic mass is 16.1. The summed E-state index contributed by atoms with van der Waals surface area (Å²) in [6.07, 6.45) is 2.00. The van der Waals surface area contributed by atoms with Crippen molar-refractivity contribution in [3.63, 3.8) is 0 Å². The normalized spacial score (nSPS) is 10.4. The van der Waals surface area contributed by atoms with Gasteiger partial charge in [0.1, 0.15) is 11.6 Å². The van der Waals surface area contributed by atoms with E-state index in [1.807, 2.05) is 6.07 Å². The summed E-state index contributed by atoms with van der Waals surface area (Å²) in [5, 5.41) is 0. The highest BCUT2D eigenvalue weighted by Crippen LogP contribution is 2.22. The summed E-state index contributed by atoms with van der Waals surface area (Å²) in [4.78, 5) is 19.7. The number of hydrogen-bond donors (Lipinski definition) is 0. The van der Waals surface area contributed by atoms with Gasteiger partial charge >= 0.3 is 0 Å². The molecule has 2 aromatic rings. The summed E-state index contributed by atoms with van der Waals surface area (Å²) in [5.74, 6) is 0.660. The lowest BCUT2D eigenvalue weighted by atomic mass is 10.0. The van der Waals surface area contributed by atoms with Crippen LogP contribution in [0.25, 0.3) is 11.3 Å². The fraction of sp³-hybridized carbons (Fsp3) is 0.267. The summed E-state index contributed by atoms with van der Waals surface area (Å²) in [5.41, 5.74) is 4.38. The Labute approximate surface area is 107 Å². The van der Waals surface area contributed by atoms with Gasteiger partial charge in [-0.3, -0.25) is 4.79 Å². The van der Waals surface area contributed by atoms with Crippen LogP contribution in [0, 0.1) is 13.8 Å². The molecule has 0 atom stereocenters. The molecule has 0 amide bonds. The molecule has 0 aliphatic heterocycles. The molecule has 0 bridgehead atoms. The zero-order valence-electron chi connectivity index (χ0n) is 10.9. The first-order chi connectivity index (χ1) is 8.56. The van der Waals surface area contributed by atoms with Crippen LogP contribution in [0.5, 0.6) is 0 Å². The van der Waals surface area contributed by atoms with Gasteiger partial charge in [0.05, 0.1) is 12.1 Å². The third-order valence-electron chi connectivity index (χ3n) is 2.77. The fourth-order valence-electron chi connectivity index (χ4n) is 1.96. The van der Waals surface area contributed by atoms with Crippen LogP contribution in [0.1, 0.15) is 23.9 Å². The SMILES string of the molecule is CC(=O)Cc1nccc(-c2ccc(C)cc2C)n1. The maximum absolute atomic E-state index is 11.1. The van der Waals surface area contributed by atoms with E-state index < -0.39 is 0 Å². The van der Waals surface area contributed by atoms with Crippen LogP contribution in [-0.2, 0) is 11.2 Å². The average Bonchev–Trinajstić information content (AvgIpc) is 2.28. The molecular weight excluding hydrogens is 224 g/mol. The number of benzene rings is 1. The Bertz CT molecular complexity index is 591. The van der Waals surface area contributed by atoms with Gasteiger partial charge in [0.25, 0.3) is 0 Å². The molecule has 3 nitrogen and oxygen atoms in total. The van der Waals surface area contributed by atoms with E-state index in [1.165, 1.54) is 11.1 Å². The molecule has 0 aliphatic carbocycles. The van der Waals surface area contributed by atoms with Gasteiger partial charge in [-0.25, -0.2) is 9.97 Å². The number of rotatable bonds is 3. The number of carbonyl (C=O) groups excluding carboxylic acids is 1. The molecule has 0 aliphatic rings. The van der Waals surface area contributed by atoms with Gasteiger partial charge in [-0.05, 0) is 32.4 Å². The van der Waals surface area contributed by atoms with E-state index >= 15 is 0 Å². The van der Waals surface area contributed by atoms with Crippen molar-refractivity contribution in [2.75, 3.05) is 0 Å². The second-order valence-corrected chi connectivity index (χ2v) is 4.56.